The number of halogens is 3. The van der Waals surface area contributed by atoms with Crippen molar-refractivity contribution >= 4 is 17.6 Å². The lowest BCUT2D eigenvalue weighted by molar-refractivity contribution is -0.477. The Morgan fingerprint density at radius 2 is 1.63 bits per heavy atom. The van der Waals surface area contributed by atoms with E-state index in [4.69, 9.17) is 5.84 Å². The fraction of sp³-hybridized carbons (Fsp3) is 0.517. The molecule has 3 rings (SSSR count). The fourth-order valence-corrected chi connectivity index (χ4v) is 5.17. The van der Waals surface area contributed by atoms with Crippen molar-refractivity contribution in [3.8, 4) is 0 Å². The molecule has 224 valence electrons. The number of urea groups is 1. The molecule has 0 aromatic heterocycles. The van der Waals surface area contributed by atoms with Gasteiger partial charge in [-0.25, -0.2) is 4.79 Å². The Balaban J connectivity index is 1.83. The van der Waals surface area contributed by atoms with Crippen molar-refractivity contribution in [2.75, 3.05) is 5.32 Å². The van der Waals surface area contributed by atoms with E-state index in [-0.39, 0.29) is 23.7 Å². The fourth-order valence-electron chi connectivity index (χ4n) is 5.17. The van der Waals surface area contributed by atoms with E-state index in [1.54, 1.807) is 43.0 Å². The van der Waals surface area contributed by atoms with Crippen LogP contribution >= 0.6 is 0 Å². The molecule has 1 fully saturated rings. The number of nitrogens with one attached hydrogen (secondary N) is 2. The lowest BCUT2D eigenvalue weighted by Crippen LogP contribution is -2.77. The van der Waals surface area contributed by atoms with Gasteiger partial charge in [0.25, 0.3) is 11.7 Å². The van der Waals surface area contributed by atoms with Gasteiger partial charge in [-0.2, -0.15) is 13.2 Å². The van der Waals surface area contributed by atoms with Crippen LogP contribution in [-0.2, 0) is 12.7 Å². The monoisotopic (exact) mass is 576 g/mol. The predicted octanol–water partition coefficient (Wildman–Crippen LogP) is 5.62. The molecule has 7 N–H and O–H groups in total. The highest BCUT2D eigenvalue weighted by Crippen LogP contribution is 2.39. The third-order valence-electron chi connectivity index (χ3n) is 7.66. The maximum Gasteiger partial charge on any atom is 0.416 e. The van der Waals surface area contributed by atoms with Gasteiger partial charge in [0.1, 0.15) is 0 Å². The van der Waals surface area contributed by atoms with Crippen molar-refractivity contribution in [1.82, 2.24) is 10.2 Å². The molecule has 9 nitrogen and oxygen atoms in total. The number of quaternary nitrogens is 1. The molecule has 3 amide bonds. The lowest BCUT2D eigenvalue weighted by atomic mass is 9.71. The standard InChI is InChI=1S/C29H40F3N7O2/c1-18-6-11-22(29(30,31)32)16-24(18)35-26(41)39(23-14-12-21(13-15-23)27(2,3)4)17-19-7-9-20(10-8-19)25(40)36-28(5,33)37-38-34/h6-11,16,21,23H,12-15,17,33H2,1-5H3,(H2,34,37)(H,35,41)(H,36,40)/p+1. The molecule has 0 spiro atoms. The van der Waals surface area contributed by atoms with Crippen LogP contribution in [-0.4, -0.2) is 28.7 Å². The van der Waals surface area contributed by atoms with Crippen LogP contribution in [0.25, 0.3) is 0 Å². The Morgan fingerprint density at radius 1 is 1.02 bits per heavy atom. The van der Waals surface area contributed by atoms with Crippen LogP contribution < -0.4 is 22.2 Å². The molecule has 0 radical (unpaired) electrons. The van der Waals surface area contributed by atoms with Crippen LogP contribution in [0.2, 0.25) is 0 Å². The molecular formula is C29H41F3N7O2+. The van der Waals surface area contributed by atoms with Gasteiger partial charge in [-0.15, -0.1) is 0 Å². The molecule has 12 heteroatoms. The summed E-state index contributed by atoms with van der Waals surface area (Å²) in [6, 6.07) is 9.53. The SMILES string of the molecule is Cc1ccc(C(F)(F)F)cc1NC(=O)N(Cc1ccc(C(=O)NC(C)([NH3+])/N=N\N)cc1)C1CCC(C(C)(C)C)CC1. The summed E-state index contributed by atoms with van der Waals surface area (Å²) in [6.07, 6.45) is -1.05. The molecule has 0 aliphatic heterocycles. The second kappa shape index (κ2) is 12.5. The molecule has 1 saturated carbocycles. The Bertz CT molecular complexity index is 1250. The van der Waals surface area contributed by atoms with Crippen LogP contribution in [0.5, 0.6) is 0 Å². The summed E-state index contributed by atoms with van der Waals surface area (Å²) in [5, 5.41) is 12.2. The van der Waals surface area contributed by atoms with E-state index >= 15 is 0 Å². The molecule has 2 aromatic carbocycles. The number of rotatable bonds is 7. The number of hydrogen-bond donors (Lipinski definition) is 4. The molecule has 1 aliphatic carbocycles. The second-order valence-electron chi connectivity index (χ2n) is 12.1. The molecule has 41 heavy (non-hydrogen) atoms. The highest BCUT2D eigenvalue weighted by atomic mass is 19.4. The summed E-state index contributed by atoms with van der Waals surface area (Å²) >= 11 is 0. The van der Waals surface area contributed by atoms with Crippen molar-refractivity contribution in [2.24, 2.45) is 27.5 Å². The molecule has 0 bridgehead atoms. The molecule has 0 saturated heterocycles. The second-order valence-corrected chi connectivity index (χ2v) is 12.1. The first-order chi connectivity index (χ1) is 19.0. The van der Waals surface area contributed by atoms with Crippen LogP contribution in [0.1, 0.15) is 80.4 Å². The zero-order valence-electron chi connectivity index (χ0n) is 24.3. The summed E-state index contributed by atoms with van der Waals surface area (Å²) < 4.78 is 40.1. The highest BCUT2D eigenvalue weighted by molar-refractivity contribution is 5.94. The normalized spacial score (nSPS) is 19.4. The zero-order valence-corrected chi connectivity index (χ0v) is 24.3. The van der Waals surface area contributed by atoms with Crippen LogP contribution in [0.15, 0.2) is 52.8 Å². The molecular weight excluding hydrogens is 535 g/mol. The first kappa shape index (κ1) is 31.9. The molecule has 0 heterocycles. The highest BCUT2D eigenvalue weighted by Gasteiger charge is 2.35. The van der Waals surface area contributed by atoms with Crippen molar-refractivity contribution in [3.05, 3.63) is 64.7 Å². The third kappa shape index (κ3) is 8.66. The first-order valence-corrected chi connectivity index (χ1v) is 13.6. The molecule has 1 unspecified atom stereocenters. The quantitative estimate of drug-likeness (QED) is 0.147. The van der Waals surface area contributed by atoms with Crippen LogP contribution in [0.3, 0.4) is 0 Å². The van der Waals surface area contributed by atoms with Gasteiger partial charge in [0.05, 0.1) is 5.56 Å². The zero-order chi connectivity index (χ0) is 30.6. The Morgan fingerprint density at radius 3 is 2.17 bits per heavy atom. The number of anilines is 1. The Kier molecular flexibility index (Phi) is 9.68. The number of nitrogens with two attached hydrogens (primary N) is 1. The molecule has 1 atom stereocenters. The number of amides is 3. The maximum atomic E-state index is 13.6. The Labute approximate surface area is 238 Å². The average molecular weight is 577 g/mol. The van der Waals surface area contributed by atoms with E-state index in [0.717, 1.165) is 43.4 Å². The van der Waals surface area contributed by atoms with Gasteiger partial charge in [0.2, 0.25) is 0 Å². The van der Waals surface area contributed by atoms with Crippen molar-refractivity contribution in [2.45, 2.75) is 84.9 Å². The third-order valence-corrected chi connectivity index (χ3v) is 7.66. The summed E-state index contributed by atoms with van der Waals surface area (Å²) in [4.78, 5) is 28.0. The maximum absolute atomic E-state index is 13.6. The van der Waals surface area contributed by atoms with Gasteiger partial charge in [0.15, 0.2) is 0 Å². The topological polar surface area (TPSA) is 140 Å². The van der Waals surface area contributed by atoms with Crippen molar-refractivity contribution < 1.29 is 28.5 Å². The number of benzene rings is 2. The molecule has 1 aliphatic rings. The van der Waals surface area contributed by atoms with Crippen molar-refractivity contribution in [1.29, 1.82) is 0 Å². The lowest BCUT2D eigenvalue weighted by Gasteiger charge is -2.41. The number of aryl methyl sites for hydroxylation is 1. The minimum Gasteiger partial charge on any atom is -0.317 e. The summed E-state index contributed by atoms with van der Waals surface area (Å²) in [5.41, 5.74) is 4.86. The Hall–Kier alpha value is -3.67. The van der Waals surface area contributed by atoms with Gasteiger partial charge in [-0.05, 0) is 79.3 Å². The van der Waals surface area contributed by atoms with Crippen molar-refractivity contribution in [3.63, 3.8) is 0 Å². The average Bonchev–Trinajstić information content (AvgIpc) is 2.87. The van der Waals surface area contributed by atoms with E-state index in [1.165, 1.54) is 6.07 Å². The first-order valence-electron chi connectivity index (χ1n) is 13.6. The van der Waals surface area contributed by atoms with E-state index < -0.39 is 29.5 Å². The molecule has 2 aromatic rings. The number of nitrogens with zero attached hydrogens (tertiary/aromatic N) is 3. The van der Waals surface area contributed by atoms with Gasteiger partial charge in [-0.3, -0.25) is 10.1 Å². The van der Waals surface area contributed by atoms with Gasteiger partial charge in [-0.1, -0.05) is 49.3 Å². The number of alkyl halides is 3. The van der Waals surface area contributed by atoms with Gasteiger partial charge in [0, 0.05) is 30.8 Å². The summed E-state index contributed by atoms with van der Waals surface area (Å²) in [7, 11) is 0. The summed E-state index contributed by atoms with van der Waals surface area (Å²) in [6.45, 7) is 10.1. The van der Waals surface area contributed by atoms with E-state index in [9.17, 15) is 22.8 Å². The number of carbonyl (C=O) groups excluding carboxylic acids is 2. The van der Waals surface area contributed by atoms with Gasteiger partial charge < -0.3 is 21.8 Å². The number of hydrogen-bond acceptors (Lipinski definition) is 4. The van der Waals surface area contributed by atoms with Gasteiger partial charge >= 0.3 is 12.2 Å². The van der Waals surface area contributed by atoms with E-state index in [2.05, 4.69) is 47.5 Å². The number of carbonyl (C=O) groups is 2. The minimum atomic E-state index is -4.52. The smallest absolute Gasteiger partial charge is 0.317 e. The minimum absolute atomic E-state index is 0.0869. The van der Waals surface area contributed by atoms with E-state index in [1.807, 2.05) is 0 Å². The van der Waals surface area contributed by atoms with Crippen LogP contribution in [0.4, 0.5) is 23.7 Å². The predicted molar refractivity (Wildman–Crippen MR) is 150 cm³/mol. The van der Waals surface area contributed by atoms with Crippen LogP contribution in [0, 0.1) is 18.3 Å². The largest absolute Gasteiger partial charge is 0.416 e. The van der Waals surface area contributed by atoms with E-state index in [0.29, 0.717) is 17.0 Å². The summed E-state index contributed by atoms with van der Waals surface area (Å²) in [5.74, 6) is 3.94.